The van der Waals surface area contributed by atoms with Crippen molar-refractivity contribution in [2.45, 2.75) is 25.0 Å². The first-order valence-electron chi connectivity index (χ1n) is 5.69. The predicted octanol–water partition coefficient (Wildman–Crippen LogP) is 2.61. The number of nitro groups is 1. The molecule has 1 unspecified atom stereocenters. The summed E-state index contributed by atoms with van der Waals surface area (Å²) in [4.78, 5) is 10.5. The van der Waals surface area contributed by atoms with Crippen LogP contribution in [0.1, 0.15) is 18.9 Å². The summed E-state index contributed by atoms with van der Waals surface area (Å²) in [5.41, 5.74) is 6.51. The number of para-hydroxylation sites is 1. The van der Waals surface area contributed by atoms with Crippen LogP contribution in [0, 0.1) is 10.1 Å². The van der Waals surface area contributed by atoms with Crippen molar-refractivity contribution < 1.29 is 4.92 Å². The number of rotatable bonds is 7. The summed E-state index contributed by atoms with van der Waals surface area (Å²) < 4.78 is 0. The lowest BCUT2D eigenvalue weighted by Gasteiger charge is -2.09. The molecule has 94 valence electrons. The molecule has 2 N–H and O–H groups in total. The molecule has 0 spiro atoms. The Balaban J connectivity index is 2.49. The molecule has 5 heteroatoms. The van der Waals surface area contributed by atoms with E-state index < -0.39 is 0 Å². The molecular weight excluding hydrogens is 236 g/mol. The van der Waals surface area contributed by atoms with Crippen LogP contribution in [0.5, 0.6) is 0 Å². The third kappa shape index (κ3) is 4.75. The molecule has 0 aliphatic carbocycles. The fraction of sp³-hybridized carbons (Fsp3) is 0.500. The van der Waals surface area contributed by atoms with Crippen LogP contribution in [0.25, 0.3) is 0 Å². The van der Waals surface area contributed by atoms with E-state index in [1.165, 1.54) is 0 Å². The monoisotopic (exact) mass is 254 g/mol. The first kappa shape index (κ1) is 14.0. The van der Waals surface area contributed by atoms with Crippen molar-refractivity contribution >= 4 is 17.4 Å². The predicted molar refractivity (Wildman–Crippen MR) is 72.4 cm³/mol. The number of benzene rings is 1. The number of nitrogens with zero attached hydrogens (tertiary/aromatic N) is 1. The number of hydrogen-bond donors (Lipinski definition) is 1. The van der Waals surface area contributed by atoms with Crippen molar-refractivity contribution in [3.05, 3.63) is 39.9 Å². The summed E-state index contributed by atoms with van der Waals surface area (Å²) in [6.45, 7) is 2.83. The second-order valence-corrected chi connectivity index (χ2v) is 5.44. The Morgan fingerprint density at radius 3 is 2.82 bits per heavy atom. The standard InChI is InChI=1S/C12H18N2O2S/c1-10(6-8-13)17-9-7-11-4-2-3-5-12(11)14(15)16/h2-5,10H,6-9,13H2,1H3. The minimum atomic E-state index is -0.316. The van der Waals surface area contributed by atoms with Crippen LogP contribution in [0.4, 0.5) is 5.69 Å². The Bertz CT molecular complexity index is 371. The average molecular weight is 254 g/mol. The summed E-state index contributed by atoms with van der Waals surface area (Å²) in [5, 5.41) is 11.3. The maximum atomic E-state index is 10.8. The molecule has 4 nitrogen and oxygen atoms in total. The smallest absolute Gasteiger partial charge is 0.272 e. The van der Waals surface area contributed by atoms with E-state index in [1.807, 2.05) is 23.9 Å². The van der Waals surface area contributed by atoms with Gasteiger partial charge in [0.15, 0.2) is 0 Å². The van der Waals surface area contributed by atoms with Gasteiger partial charge in [-0.05, 0) is 25.1 Å². The molecule has 17 heavy (non-hydrogen) atoms. The first-order valence-corrected chi connectivity index (χ1v) is 6.74. The molecule has 0 aliphatic heterocycles. The summed E-state index contributed by atoms with van der Waals surface area (Å²) in [6.07, 6.45) is 1.72. The molecule has 0 amide bonds. The van der Waals surface area contributed by atoms with Crippen molar-refractivity contribution in [2.75, 3.05) is 12.3 Å². The van der Waals surface area contributed by atoms with Crippen molar-refractivity contribution in [1.82, 2.24) is 0 Å². The summed E-state index contributed by atoms with van der Waals surface area (Å²) in [7, 11) is 0. The Morgan fingerprint density at radius 1 is 1.47 bits per heavy atom. The van der Waals surface area contributed by atoms with E-state index in [2.05, 4.69) is 6.92 Å². The normalized spacial score (nSPS) is 12.4. The van der Waals surface area contributed by atoms with Gasteiger partial charge in [-0.1, -0.05) is 25.1 Å². The molecule has 1 rings (SSSR count). The number of aryl methyl sites for hydroxylation is 1. The van der Waals surface area contributed by atoms with Crippen LogP contribution in [0.15, 0.2) is 24.3 Å². The zero-order valence-corrected chi connectivity index (χ0v) is 10.8. The average Bonchev–Trinajstić information content (AvgIpc) is 2.30. The number of nitro benzene ring substituents is 1. The van der Waals surface area contributed by atoms with Crippen molar-refractivity contribution in [2.24, 2.45) is 5.73 Å². The zero-order valence-electron chi connectivity index (χ0n) is 9.96. The lowest BCUT2D eigenvalue weighted by molar-refractivity contribution is -0.385. The van der Waals surface area contributed by atoms with Crippen LogP contribution in [-0.2, 0) is 6.42 Å². The topological polar surface area (TPSA) is 69.2 Å². The van der Waals surface area contributed by atoms with Crippen molar-refractivity contribution in [1.29, 1.82) is 0 Å². The van der Waals surface area contributed by atoms with Gasteiger partial charge in [0.25, 0.3) is 5.69 Å². The van der Waals surface area contributed by atoms with Gasteiger partial charge in [0, 0.05) is 16.9 Å². The molecule has 0 aromatic heterocycles. The molecule has 0 fully saturated rings. The molecule has 0 bridgehead atoms. The van der Waals surface area contributed by atoms with E-state index in [0.717, 1.165) is 24.2 Å². The van der Waals surface area contributed by atoms with Gasteiger partial charge in [-0.15, -0.1) is 0 Å². The van der Waals surface area contributed by atoms with E-state index in [9.17, 15) is 10.1 Å². The fourth-order valence-corrected chi connectivity index (χ4v) is 2.63. The van der Waals surface area contributed by atoms with E-state index in [0.29, 0.717) is 11.8 Å². The quantitative estimate of drug-likeness (QED) is 0.600. The molecule has 1 aromatic rings. The van der Waals surface area contributed by atoms with Gasteiger partial charge >= 0.3 is 0 Å². The molecule has 1 aromatic carbocycles. The number of thioether (sulfide) groups is 1. The lowest BCUT2D eigenvalue weighted by atomic mass is 10.1. The highest BCUT2D eigenvalue weighted by Crippen LogP contribution is 2.21. The van der Waals surface area contributed by atoms with E-state index in [1.54, 1.807) is 12.1 Å². The minimum absolute atomic E-state index is 0.222. The zero-order chi connectivity index (χ0) is 12.7. The van der Waals surface area contributed by atoms with E-state index in [-0.39, 0.29) is 10.6 Å². The number of hydrogen-bond acceptors (Lipinski definition) is 4. The van der Waals surface area contributed by atoms with Crippen LogP contribution < -0.4 is 5.73 Å². The molecule has 0 heterocycles. The van der Waals surface area contributed by atoms with E-state index in [4.69, 9.17) is 5.73 Å². The first-order chi connectivity index (χ1) is 8.15. The van der Waals surface area contributed by atoms with Gasteiger partial charge in [0.05, 0.1) is 4.92 Å². The molecule has 1 atom stereocenters. The van der Waals surface area contributed by atoms with Gasteiger partial charge in [0.2, 0.25) is 0 Å². The second-order valence-electron chi connectivity index (χ2n) is 3.89. The fourth-order valence-electron chi connectivity index (χ4n) is 1.59. The second kappa shape index (κ2) is 7.29. The van der Waals surface area contributed by atoms with Crippen molar-refractivity contribution in [3.8, 4) is 0 Å². The van der Waals surface area contributed by atoms with Gasteiger partial charge in [-0.25, -0.2) is 0 Å². The third-order valence-corrected chi connectivity index (χ3v) is 3.78. The number of nitrogens with two attached hydrogens (primary N) is 1. The Kier molecular flexibility index (Phi) is 6.00. The van der Waals surface area contributed by atoms with E-state index >= 15 is 0 Å². The van der Waals surface area contributed by atoms with Crippen LogP contribution in [0.3, 0.4) is 0 Å². The molecule has 0 aliphatic rings. The molecular formula is C12H18N2O2S. The largest absolute Gasteiger partial charge is 0.330 e. The van der Waals surface area contributed by atoms with Crippen LogP contribution in [0.2, 0.25) is 0 Å². The highest BCUT2D eigenvalue weighted by Gasteiger charge is 2.12. The SMILES string of the molecule is CC(CCN)SCCc1ccccc1[N+](=O)[O-]. The van der Waals surface area contributed by atoms with Gasteiger partial charge in [-0.2, -0.15) is 11.8 Å². The lowest BCUT2D eigenvalue weighted by Crippen LogP contribution is -2.08. The third-order valence-electron chi connectivity index (χ3n) is 2.54. The molecule has 0 saturated heterocycles. The molecule has 0 saturated carbocycles. The Morgan fingerprint density at radius 2 is 2.18 bits per heavy atom. The summed E-state index contributed by atoms with van der Waals surface area (Å²) in [6, 6.07) is 6.93. The van der Waals surface area contributed by atoms with Gasteiger partial charge < -0.3 is 5.73 Å². The van der Waals surface area contributed by atoms with Crippen LogP contribution >= 0.6 is 11.8 Å². The highest BCUT2D eigenvalue weighted by atomic mass is 32.2. The Hall–Kier alpha value is -1.07. The minimum Gasteiger partial charge on any atom is -0.330 e. The maximum absolute atomic E-state index is 10.8. The van der Waals surface area contributed by atoms with Crippen LogP contribution in [-0.4, -0.2) is 22.5 Å². The van der Waals surface area contributed by atoms with Gasteiger partial charge in [-0.3, -0.25) is 10.1 Å². The maximum Gasteiger partial charge on any atom is 0.272 e. The summed E-state index contributed by atoms with van der Waals surface area (Å²) in [5.74, 6) is 0.895. The Labute approximate surface area is 106 Å². The summed E-state index contributed by atoms with van der Waals surface area (Å²) >= 11 is 1.81. The van der Waals surface area contributed by atoms with Gasteiger partial charge in [0.1, 0.15) is 0 Å². The molecule has 0 radical (unpaired) electrons. The van der Waals surface area contributed by atoms with Crippen molar-refractivity contribution in [3.63, 3.8) is 0 Å². The highest BCUT2D eigenvalue weighted by molar-refractivity contribution is 7.99.